The minimum atomic E-state index is -3.37. The second kappa shape index (κ2) is 7.00. The molecule has 5 heteroatoms. The normalized spacial score (nSPS) is 11.3. The van der Waals surface area contributed by atoms with E-state index in [4.69, 9.17) is 0 Å². The highest BCUT2D eigenvalue weighted by Gasteiger charge is 2.17. The molecule has 0 heterocycles. The zero-order chi connectivity index (χ0) is 15.3. The Morgan fingerprint density at radius 1 is 0.952 bits per heavy atom. The van der Waals surface area contributed by atoms with Crippen molar-refractivity contribution in [1.82, 2.24) is 0 Å². The Kier molecular flexibility index (Phi) is 5.31. The monoisotopic (exact) mass is 366 g/mol. The summed E-state index contributed by atoms with van der Waals surface area (Å²) in [5.41, 5.74) is 0.621. The summed E-state index contributed by atoms with van der Waals surface area (Å²) in [6.07, 6.45) is 0.547. The Hall–Kier alpha value is -1.46. The quantitative estimate of drug-likeness (QED) is 0.728. The molecule has 0 amide bonds. The average molecular weight is 367 g/mol. The van der Waals surface area contributed by atoms with Crippen LogP contribution in [-0.2, 0) is 9.84 Å². The first-order valence-electron chi connectivity index (χ1n) is 6.56. The van der Waals surface area contributed by atoms with Gasteiger partial charge in [-0.05, 0) is 34.5 Å². The van der Waals surface area contributed by atoms with Crippen molar-refractivity contribution in [3.05, 3.63) is 64.6 Å². The molecule has 2 aromatic rings. The summed E-state index contributed by atoms with van der Waals surface area (Å²) in [5, 5.41) is 0. The van der Waals surface area contributed by atoms with E-state index in [2.05, 4.69) is 15.9 Å². The van der Waals surface area contributed by atoms with Crippen molar-refractivity contribution in [2.24, 2.45) is 0 Å². The second-order valence-electron chi connectivity index (χ2n) is 4.64. The van der Waals surface area contributed by atoms with Crippen molar-refractivity contribution in [3.8, 4) is 0 Å². The predicted octanol–water partition coefficient (Wildman–Crippen LogP) is 3.89. The van der Waals surface area contributed by atoms with Gasteiger partial charge in [0.25, 0.3) is 0 Å². The number of benzene rings is 2. The van der Waals surface area contributed by atoms with E-state index in [9.17, 15) is 13.2 Å². The number of ketones is 1. The fourth-order valence-corrected chi connectivity index (χ4v) is 4.42. The van der Waals surface area contributed by atoms with Gasteiger partial charge >= 0.3 is 0 Å². The molecule has 0 fully saturated rings. The molecular weight excluding hydrogens is 352 g/mol. The molecule has 21 heavy (non-hydrogen) atoms. The van der Waals surface area contributed by atoms with Gasteiger partial charge in [-0.2, -0.15) is 0 Å². The van der Waals surface area contributed by atoms with Crippen LogP contribution in [0.4, 0.5) is 0 Å². The maximum atomic E-state index is 12.2. The minimum Gasteiger partial charge on any atom is -0.294 e. The molecule has 0 radical (unpaired) electrons. The fourth-order valence-electron chi connectivity index (χ4n) is 2.00. The average Bonchev–Trinajstić information content (AvgIpc) is 2.48. The molecule has 2 aromatic carbocycles. The van der Waals surface area contributed by atoms with E-state index in [0.717, 1.165) is 0 Å². The van der Waals surface area contributed by atoms with Crippen molar-refractivity contribution in [3.63, 3.8) is 0 Å². The van der Waals surface area contributed by atoms with E-state index in [0.29, 0.717) is 16.5 Å². The zero-order valence-electron chi connectivity index (χ0n) is 11.3. The third-order valence-electron chi connectivity index (χ3n) is 3.08. The molecule has 0 spiro atoms. The first-order valence-corrected chi connectivity index (χ1v) is 9.01. The lowest BCUT2D eigenvalue weighted by Gasteiger charge is -2.06. The third kappa shape index (κ3) is 4.25. The molecular formula is C16H15BrO3S. The summed E-state index contributed by atoms with van der Waals surface area (Å²) in [4.78, 5) is 12.2. The van der Waals surface area contributed by atoms with Gasteiger partial charge in [-0.1, -0.05) is 42.5 Å². The van der Waals surface area contributed by atoms with Gasteiger partial charge in [0, 0.05) is 16.5 Å². The minimum absolute atomic E-state index is 0.0297. The summed E-state index contributed by atoms with van der Waals surface area (Å²) >= 11 is 3.24. The molecule has 0 saturated carbocycles. The standard InChI is InChI=1S/C16H15BrO3S/c17-14-9-4-5-11-16(14)21(19,20)12-6-10-15(18)13-7-2-1-3-8-13/h1-5,7-9,11H,6,10,12H2. The van der Waals surface area contributed by atoms with Crippen molar-refractivity contribution in [2.75, 3.05) is 5.75 Å². The molecule has 0 saturated heterocycles. The van der Waals surface area contributed by atoms with E-state index in [-0.39, 0.29) is 22.9 Å². The molecule has 0 aliphatic carbocycles. The van der Waals surface area contributed by atoms with Crippen LogP contribution in [0.2, 0.25) is 0 Å². The van der Waals surface area contributed by atoms with Gasteiger partial charge in [0.05, 0.1) is 10.6 Å². The highest BCUT2D eigenvalue weighted by atomic mass is 79.9. The molecule has 0 atom stereocenters. The topological polar surface area (TPSA) is 51.2 Å². The maximum Gasteiger partial charge on any atom is 0.179 e. The lowest BCUT2D eigenvalue weighted by molar-refractivity contribution is 0.0982. The van der Waals surface area contributed by atoms with Crippen LogP contribution in [-0.4, -0.2) is 20.0 Å². The first-order chi connectivity index (χ1) is 10.0. The molecule has 0 unspecified atom stereocenters. The zero-order valence-corrected chi connectivity index (χ0v) is 13.7. The number of carbonyl (C=O) groups excluding carboxylic acids is 1. The van der Waals surface area contributed by atoms with Crippen LogP contribution in [0.25, 0.3) is 0 Å². The Labute approximate surface area is 133 Å². The fraction of sp³-hybridized carbons (Fsp3) is 0.188. The predicted molar refractivity (Wildman–Crippen MR) is 86.2 cm³/mol. The van der Waals surface area contributed by atoms with E-state index >= 15 is 0 Å². The highest BCUT2D eigenvalue weighted by Crippen LogP contribution is 2.23. The van der Waals surface area contributed by atoms with Crippen LogP contribution in [0.1, 0.15) is 23.2 Å². The largest absolute Gasteiger partial charge is 0.294 e. The Bertz CT molecular complexity index is 724. The van der Waals surface area contributed by atoms with E-state index < -0.39 is 9.84 Å². The van der Waals surface area contributed by atoms with Crippen molar-refractivity contribution in [2.45, 2.75) is 17.7 Å². The number of Topliss-reactive ketones (excluding diaryl/α,β-unsaturated/α-hetero) is 1. The van der Waals surface area contributed by atoms with Gasteiger partial charge < -0.3 is 0 Å². The van der Waals surface area contributed by atoms with Crippen LogP contribution in [0.15, 0.2) is 64.0 Å². The molecule has 3 nitrogen and oxygen atoms in total. The second-order valence-corrected chi connectivity index (χ2v) is 7.57. The number of hydrogen-bond donors (Lipinski definition) is 0. The molecule has 0 N–H and O–H groups in total. The van der Waals surface area contributed by atoms with E-state index in [1.807, 2.05) is 6.07 Å². The van der Waals surface area contributed by atoms with Gasteiger partial charge in [-0.3, -0.25) is 4.79 Å². The van der Waals surface area contributed by atoms with Crippen LogP contribution < -0.4 is 0 Å². The van der Waals surface area contributed by atoms with Crippen LogP contribution in [0.5, 0.6) is 0 Å². The summed E-state index contributed by atoms with van der Waals surface area (Å²) in [6, 6.07) is 15.6. The van der Waals surface area contributed by atoms with Gasteiger partial charge in [-0.15, -0.1) is 0 Å². The Morgan fingerprint density at radius 3 is 2.24 bits per heavy atom. The van der Waals surface area contributed by atoms with E-state index in [1.54, 1.807) is 48.5 Å². The Morgan fingerprint density at radius 2 is 1.57 bits per heavy atom. The third-order valence-corrected chi connectivity index (χ3v) is 5.89. The van der Waals surface area contributed by atoms with Crippen molar-refractivity contribution in [1.29, 1.82) is 0 Å². The number of halogens is 1. The number of rotatable bonds is 6. The number of hydrogen-bond acceptors (Lipinski definition) is 3. The first kappa shape index (κ1) is 15.9. The molecule has 110 valence electrons. The molecule has 0 aliphatic rings. The van der Waals surface area contributed by atoms with Gasteiger partial charge in [0.15, 0.2) is 15.6 Å². The van der Waals surface area contributed by atoms with Crippen molar-refractivity contribution >= 4 is 31.6 Å². The number of sulfone groups is 1. The highest BCUT2D eigenvalue weighted by molar-refractivity contribution is 9.10. The Balaban J connectivity index is 1.97. The molecule has 0 bridgehead atoms. The smallest absolute Gasteiger partial charge is 0.179 e. The van der Waals surface area contributed by atoms with E-state index in [1.165, 1.54) is 0 Å². The van der Waals surface area contributed by atoms with Crippen LogP contribution >= 0.6 is 15.9 Å². The van der Waals surface area contributed by atoms with Gasteiger partial charge in [-0.25, -0.2) is 8.42 Å². The van der Waals surface area contributed by atoms with Crippen molar-refractivity contribution < 1.29 is 13.2 Å². The maximum absolute atomic E-state index is 12.2. The summed E-state index contributed by atoms with van der Waals surface area (Å²) in [7, 11) is -3.37. The van der Waals surface area contributed by atoms with Crippen LogP contribution in [0, 0.1) is 0 Å². The van der Waals surface area contributed by atoms with Gasteiger partial charge in [0.1, 0.15) is 0 Å². The molecule has 2 rings (SSSR count). The summed E-state index contributed by atoms with van der Waals surface area (Å²) in [6.45, 7) is 0. The number of carbonyl (C=O) groups is 1. The lowest BCUT2D eigenvalue weighted by atomic mass is 10.1. The SMILES string of the molecule is O=C(CCCS(=O)(=O)c1ccccc1Br)c1ccccc1. The van der Waals surface area contributed by atoms with Crippen LogP contribution in [0.3, 0.4) is 0 Å². The lowest BCUT2D eigenvalue weighted by Crippen LogP contribution is -2.09. The van der Waals surface area contributed by atoms with Gasteiger partial charge in [0.2, 0.25) is 0 Å². The molecule has 0 aliphatic heterocycles. The summed E-state index contributed by atoms with van der Waals surface area (Å²) in [5.74, 6) is -0.0632. The molecule has 0 aromatic heterocycles. The summed E-state index contributed by atoms with van der Waals surface area (Å²) < 4.78 is 25.0.